The number of benzene rings is 3. The summed E-state index contributed by atoms with van der Waals surface area (Å²) in [5.74, 6) is -2.18. The second-order valence-corrected chi connectivity index (χ2v) is 5.84. The van der Waals surface area contributed by atoms with Crippen LogP contribution < -0.4 is 5.43 Å². The van der Waals surface area contributed by atoms with E-state index in [-0.39, 0.29) is 33.4 Å². The molecule has 4 rings (SSSR count). The summed E-state index contributed by atoms with van der Waals surface area (Å²) in [6.07, 6.45) is 0. The van der Waals surface area contributed by atoms with Gasteiger partial charge in [-0.1, -0.05) is 0 Å². The molecule has 0 atom stereocenters. The molecule has 0 unspecified atom stereocenters. The first kappa shape index (κ1) is 15.6. The van der Waals surface area contributed by atoms with Gasteiger partial charge in [0.15, 0.2) is 17.2 Å². The normalized spacial score (nSPS) is 11.2. The Bertz CT molecular complexity index is 1230. The van der Waals surface area contributed by atoms with Gasteiger partial charge in [-0.15, -0.1) is 0 Å². The fourth-order valence-corrected chi connectivity index (χ4v) is 2.88. The summed E-state index contributed by atoms with van der Waals surface area (Å²) in [7, 11) is 0. The number of phenols is 5. The van der Waals surface area contributed by atoms with E-state index in [2.05, 4.69) is 0 Å². The maximum absolute atomic E-state index is 12.6. The van der Waals surface area contributed by atoms with Gasteiger partial charge in [0.25, 0.3) is 0 Å². The average Bonchev–Trinajstić information content (AvgIpc) is 2.59. The highest BCUT2D eigenvalue weighted by atomic mass is 16.3. The molecule has 0 aliphatic rings. The number of aromatic hydroxyl groups is 5. The van der Waals surface area contributed by atoms with Crippen LogP contribution in [0.1, 0.15) is 0 Å². The van der Waals surface area contributed by atoms with Gasteiger partial charge >= 0.3 is 0 Å². The monoisotopic (exact) mass is 352 g/mol. The molecule has 7 nitrogen and oxygen atoms in total. The minimum absolute atomic E-state index is 0.0564. The molecule has 0 radical (unpaired) electrons. The number of hydrogen-bond donors (Lipinski definition) is 5. The van der Waals surface area contributed by atoms with Gasteiger partial charge in [0.2, 0.25) is 5.43 Å². The highest BCUT2D eigenvalue weighted by molar-refractivity contribution is 5.96. The Morgan fingerprint density at radius 1 is 0.692 bits per heavy atom. The summed E-state index contributed by atoms with van der Waals surface area (Å²) in [6, 6.07) is 9.21. The van der Waals surface area contributed by atoms with Crippen molar-refractivity contribution in [3.05, 3.63) is 52.7 Å². The number of hydrogen-bond acceptors (Lipinski definition) is 7. The third-order valence-electron chi connectivity index (χ3n) is 4.14. The second-order valence-electron chi connectivity index (χ2n) is 5.84. The fourth-order valence-electron chi connectivity index (χ4n) is 2.88. The second kappa shape index (κ2) is 5.32. The topological polar surface area (TPSA) is 131 Å². The molecule has 26 heavy (non-hydrogen) atoms. The van der Waals surface area contributed by atoms with Gasteiger partial charge in [-0.2, -0.15) is 0 Å². The molecular formula is C19H12O7. The van der Waals surface area contributed by atoms with Crippen molar-refractivity contribution >= 4 is 21.9 Å². The molecule has 0 fully saturated rings. The minimum Gasteiger partial charge on any atom is -0.508 e. The molecule has 0 saturated heterocycles. The maximum Gasteiger partial charge on any atom is 0.204 e. The largest absolute Gasteiger partial charge is 0.508 e. The highest BCUT2D eigenvalue weighted by Gasteiger charge is 2.16. The fraction of sp³-hybridized carbons (Fsp3) is 0. The zero-order valence-corrected chi connectivity index (χ0v) is 13.1. The number of phenolic OH excluding ortho intramolecular Hbond substituents is 5. The quantitative estimate of drug-likeness (QED) is 0.263. The van der Waals surface area contributed by atoms with Crippen molar-refractivity contribution in [2.45, 2.75) is 0 Å². The lowest BCUT2D eigenvalue weighted by molar-refractivity contribution is 0.368. The van der Waals surface area contributed by atoms with E-state index in [0.717, 1.165) is 0 Å². The molecule has 0 spiro atoms. The molecule has 5 N–H and O–H groups in total. The van der Waals surface area contributed by atoms with Crippen molar-refractivity contribution in [1.82, 2.24) is 0 Å². The lowest BCUT2D eigenvalue weighted by Crippen LogP contribution is -2.02. The Labute approximate surface area is 145 Å². The van der Waals surface area contributed by atoms with Gasteiger partial charge < -0.3 is 29.9 Å². The third-order valence-corrected chi connectivity index (χ3v) is 4.14. The van der Waals surface area contributed by atoms with Gasteiger partial charge in [-0.25, -0.2) is 0 Å². The summed E-state index contributed by atoms with van der Waals surface area (Å²) >= 11 is 0. The van der Waals surface area contributed by atoms with E-state index in [1.807, 2.05) is 0 Å². The Kier molecular flexibility index (Phi) is 3.20. The van der Waals surface area contributed by atoms with E-state index in [1.54, 1.807) is 0 Å². The van der Waals surface area contributed by atoms with Gasteiger partial charge in [-0.3, -0.25) is 4.79 Å². The van der Waals surface area contributed by atoms with Crippen LogP contribution in [0.2, 0.25) is 0 Å². The van der Waals surface area contributed by atoms with E-state index < -0.39 is 22.7 Å². The highest BCUT2D eigenvalue weighted by Crippen LogP contribution is 2.40. The van der Waals surface area contributed by atoms with Crippen LogP contribution >= 0.6 is 0 Å². The summed E-state index contributed by atoms with van der Waals surface area (Å²) in [6.45, 7) is 0. The molecule has 7 heteroatoms. The Balaban J connectivity index is 2.04. The van der Waals surface area contributed by atoms with Crippen molar-refractivity contribution in [2.24, 2.45) is 0 Å². The molecule has 1 aromatic heterocycles. The predicted molar refractivity (Wildman–Crippen MR) is 93.8 cm³/mol. The number of fused-ring (bicyclic) bond motifs is 2. The lowest BCUT2D eigenvalue weighted by Gasteiger charge is -2.09. The first-order valence-corrected chi connectivity index (χ1v) is 7.53. The van der Waals surface area contributed by atoms with Crippen molar-refractivity contribution in [2.75, 3.05) is 0 Å². The minimum atomic E-state index is -0.656. The van der Waals surface area contributed by atoms with Crippen molar-refractivity contribution in [3.8, 4) is 39.9 Å². The Morgan fingerprint density at radius 3 is 2.00 bits per heavy atom. The van der Waals surface area contributed by atoms with Crippen LogP contribution in [0.25, 0.3) is 33.1 Å². The van der Waals surface area contributed by atoms with E-state index in [9.17, 15) is 30.3 Å². The van der Waals surface area contributed by atoms with Crippen LogP contribution in [0, 0.1) is 0 Å². The average molecular weight is 352 g/mol. The smallest absolute Gasteiger partial charge is 0.204 e. The molecule has 3 aromatic carbocycles. The van der Waals surface area contributed by atoms with Gasteiger partial charge in [0, 0.05) is 0 Å². The standard InChI is InChI=1S/C19H12O7/c20-10-1-2-15-11(7-10)18(24)17-12(21)3-9(6-16(17)26-15)8-4-13(22)19(25)14(23)5-8/h1-7,20-23,25H. The first-order chi connectivity index (χ1) is 12.3. The molecule has 0 amide bonds. The summed E-state index contributed by atoms with van der Waals surface area (Å²) in [5, 5.41) is 48.7. The van der Waals surface area contributed by atoms with E-state index in [0.29, 0.717) is 11.1 Å². The molecule has 130 valence electrons. The SMILES string of the molecule is O=c1c2cc(O)ccc2oc2cc(-c3cc(O)c(O)c(O)c3)cc(O)c12. The molecule has 0 saturated carbocycles. The van der Waals surface area contributed by atoms with E-state index >= 15 is 0 Å². The molecule has 0 bridgehead atoms. The Morgan fingerprint density at radius 2 is 1.31 bits per heavy atom. The molecule has 1 heterocycles. The van der Waals surface area contributed by atoms with Crippen LogP contribution in [0.3, 0.4) is 0 Å². The van der Waals surface area contributed by atoms with Gasteiger partial charge in [0.1, 0.15) is 28.1 Å². The van der Waals surface area contributed by atoms with Crippen LogP contribution in [0.4, 0.5) is 0 Å². The van der Waals surface area contributed by atoms with Gasteiger partial charge in [-0.05, 0) is 53.6 Å². The molecule has 4 aromatic rings. The third kappa shape index (κ3) is 2.26. The lowest BCUT2D eigenvalue weighted by atomic mass is 10.0. The zero-order chi connectivity index (χ0) is 18.6. The summed E-state index contributed by atoms with van der Waals surface area (Å²) in [5.41, 5.74) is 0.464. The number of rotatable bonds is 1. The van der Waals surface area contributed by atoms with E-state index in [1.165, 1.54) is 42.5 Å². The van der Waals surface area contributed by atoms with Crippen molar-refractivity contribution in [1.29, 1.82) is 0 Å². The first-order valence-electron chi connectivity index (χ1n) is 7.53. The van der Waals surface area contributed by atoms with Gasteiger partial charge in [0.05, 0.1) is 5.39 Å². The summed E-state index contributed by atoms with van der Waals surface area (Å²) < 4.78 is 5.66. The Hall–Kier alpha value is -3.87. The predicted octanol–water partition coefficient (Wildman–Crippen LogP) is 3.14. The van der Waals surface area contributed by atoms with Crippen LogP contribution in [0.5, 0.6) is 28.7 Å². The van der Waals surface area contributed by atoms with Crippen molar-refractivity contribution < 1.29 is 29.9 Å². The van der Waals surface area contributed by atoms with Crippen LogP contribution in [0.15, 0.2) is 51.7 Å². The van der Waals surface area contributed by atoms with E-state index in [4.69, 9.17) is 4.42 Å². The molecule has 0 aliphatic heterocycles. The zero-order valence-electron chi connectivity index (χ0n) is 13.1. The molecular weight excluding hydrogens is 340 g/mol. The summed E-state index contributed by atoms with van der Waals surface area (Å²) in [4.78, 5) is 12.6. The maximum atomic E-state index is 12.6. The van der Waals surface area contributed by atoms with Crippen LogP contribution in [-0.2, 0) is 0 Å². The van der Waals surface area contributed by atoms with Crippen molar-refractivity contribution in [3.63, 3.8) is 0 Å². The van der Waals surface area contributed by atoms with Crippen LogP contribution in [-0.4, -0.2) is 25.5 Å². The molecule has 0 aliphatic carbocycles.